The molecule has 26 heavy (non-hydrogen) atoms. The molecule has 0 bridgehead atoms. The van der Waals surface area contributed by atoms with Crippen LogP contribution in [-0.4, -0.2) is 63.1 Å². The lowest BCUT2D eigenvalue weighted by atomic mass is 10.1. The standard InChI is InChI=1S/C19H25N5O2/c1-15-19-21-17(11-18(25)22-7-9-26-10-8-22)14-24(19)6-5-23(15)13-16-3-2-4-20-12-16/h2-4,12,14-15H,5-11,13H2,1H3/t15-/m1/s1. The zero-order chi connectivity index (χ0) is 17.9. The van der Waals surface area contributed by atoms with Gasteiger partial charge in [0.15, 0.2) is 0 Å². The van der Waals surface area contributed by atoms with Gasteiger partial charge in [0, 0.05) is 51.3 Å². The van der Waals surface area contributed by atoms with E-state index in [9.17, 15) is 4.79 Å². The van der Waals surface area contributed by atoms with Crippen LogP contribution < -0.4 is 0 Å². The Morgan fingerprint density at radius 1 is 1.27 bits per heavy atom. The largest absolute Gasteiger partial charge is 0.378 e. The fourth-order valence-electron chi connectivity index (χ4n) is 3.70. The highest BCUT2D eigenvalue weighted by molar-refractivity contribution is 5.78. The highest BCUT2D eigenvalue weighted by Gasteiger charge is 2.27. The molecular weight excluding hydrogens is 330 g/mol. The van der Waals surface area contributed by atoms with Crippen molar-refractivity contribution in [3.05, 3.63) is 47.8 Å². The fourth-order valence-corrected chi connectivity index (χ4v) is 3.70. The molecule has 0 aliphatic carbocycles. The molecule has 4 heterocycles. The molecule has 1 saturated heterocycles. The molecule has 4 rings (SSSR count). The first kappa shape index (κ1) is 17.2. The van der Waals surface area contributed by atoms with Gasteiger partial charge in [-0.05, 0) is 18.6 Å². The quantitative estimate of drug-likeness (QED) is 0.826. The Balaban J connectivity index is 1.43. The number of pyridine rings is 1. The summed E-state index contributed by atoms with van der Waals surface area (Å²) in [6, 6.07) is 4.30. The first-order valence-corrected chi connectivity index (χ1v) is 9.25. The number of ether oxygens (including phenoxy) is 1. The summed E-state index contributed by atoms with van der Waals surface area (Å²) in [5.74, 6) is 1.19. The van der Waals surface area contributed by atoms with Gasteiger partial charge in [0.1, 0.15) is 5.82 Å². The van der Waals surface area contributed by atoms with Crippen molar-refractivity contribution in [2.45, 2.75) is 32.5 Å². The number of hydrogen-bond acceptors (Lipinski definition) is 5. The normalized spacial score (nSPS) is 20.8. The SMILES string of the molecule is C[C@@H]1c2nc(CC(=O)N3CCOCC3)cn2CCN1Cc1cccnc1. The highest BCUT2D eigenvalue weighted by Crippen LogP contribution is 2.26. The number of rotatable bonds is 4. The van der Waals surface area contributed by atoms with Crippen LogP contribution in [0.15, 0.2) is 30.7 Å². The van der Waals surface area contributed by atoms with E-state index < -0.39 is 0 Å². The van der Waals surface area contributed by atoms with Crippen LogP contribution in [0.1, 0.15) is 30.0 Å². The van der Waals surface area contributed by atoms with E-state index in [4.69, 9.17) is 9.72 Å². The number of nitrogens with zero attached hydrogens (tertiary/aromatic N) is 5. The Kier molecular flexibility index (Phi) is 4.99. The molecule has 2 aliphatic heterocycles. The van der Waals surface area contributed by atoms with E-state index in [-0.39, 0.29) is 11.9 Å². The van der Waals surface area contributed by atoms with Crippen LogP contribution >= 0.6 is 0 Å². The number of hydrogen-bond donors (Lipinski definition) is 0. The molecule has 1 fully saturated rings. The molecule has 1 atom stereocenters. The first-order chi connectivity index (χ1) is 12.7. The molecule has 2 aromatic rings. The predicted molar refractivity (Wildman–Crippen MR) is 96.4 cm³/mol. The maximum absolute atomic E-state index is 12.5. The van der Waals surface area contributed by atoms with Crippen molar-refractivity contribution in [2.75, 3.05) is 32.8 Å². The van der Waals surface area contributed by atoms with Crippen molar-refractivity contribution in [2.24, 2.45) is 0 Å². The van der Waals surface area contributed by atoms with E-state index in [1.807, 2.05) is 23.4 Å². The van der Waals surface area contributed by atoms with Gasteiger partial charge in [-0.15, -0.1) is 0 Å². The van der Waals surface area contributed by atoms with Crippen LogP contribution in [0.3, 0.4) is 0 Å². The minimum Gasteiger partial charge on any atom is -0.378 e. The van der Waals surface area contributed by atoms with Crippen molar-refractivity contribution in [3.8, 4) is 0 Å². The summed E-state index contributed by atoms with van der Waals surface area (Å²) in [5, 5.41) is 0. The van der Waals surface area contributed by atoms with E-state index >= 15 is 0 Å². The van der Waals surface area contributed by atoms with Crippen LogP contribution in [0.25, 0.3) is 0 Å². The maximum Gasteiger partial charge on any atom is 0.228 e. The van der Waals surface area contributed by atoms with E-state index in [1.54, 1.807) is 6.20 Å². The average molecular weight is 355 g/mol. The second kappa shape index (κ2) is 7.55. The van der Waals surface area contributed by atoms with E-state index in [0.717, 1.165) is 31.2 Å². The molecule has 0 N–H and O–H groups in total. The molecule has 0 radical (unpaired) electrons. The Morgan fingerprint density at radius 2 is 2.12 bits per heavy atom. The molecule has 7 heteroatoms. The lowest BCUT2D eigenvalue weighted by Gasteiger charge is -2.33. The minimum atomic E-state index is 0.142. The number of aromatic nitrogens is 3. The fraction of sp³-hybridized carbons (Fsp3) is 0.526. The summed E-state index contributed by atoms with van der Waals surface area (Å²) in [4.78, 5) is 25.7. The van der Waals surface area contributed by atoms with Crippen LogP contribution in [0.2, 0.25) is 0 Å². The average Bonchev–Trinajstić information content (AvgIpc) is 3.09. The molecule has 2 aliphatic rings. The third kappa shape index (κ3) is 3.64. The first-order valence-electron chi connectivity index (χ1n) is 9.25. The van der Waals surface area contributed by atoms with Crippen LogP contribution in [-0.2, 0) is 29.0 Å². The van der Waals surface area contributed by atoms with Crippen molar-refractivity contribution in [1.29, 1.82) is 0 Å². The molecular formula is C19H25N5O2. The molecule has 1 amide bonds. The van der Waals surface area contributed by atoms with Crippen LogP contribution in [0.4, 0.5) is 0 Å². The van der Waals surface area contributed by atoms with Gasteiger partial charge in [-0.2, -0.15) is 0 Å². The predicted octanol–water partition coefficient (Wildman–Crippen LogP) is 1.26. The second-order valence-electron chi connectivity index (χ2n) is 6.96. The van der Waals surface area contributed by atoms with Gasteiger partial charge in [-0.1, -0.05) is 6.07 Å². The molecule has 0 unspecified atom stereocenters. The number of carbonyl (C=O) groups is 1. The second-order valence-corrected chi connectivity index (χ2v) is 6.96. The van der Waals surface area contributed by atoms with E-state index in [2.05, 4.69) is 27.4 Å². The highest BCUT2D eigenvalue weighted by atomic mass is 16.5. The summed E-state index contributed by atoms with van der Waals surface area (Å²) < 4.78 is 7.52. The molecule has 0 aromatic carbocycles. The summed E-state index contributed by atoms with van der Waals surface area (Å²) in [6.45, 7) is 7.54. The number of morpholine rings is 1. The Hall–Kier alpha value is -2.25. The third-order valence-corrected chi connectivity index (χ3v) is 5.21. The topological polar surface area (TPSA) is 63.5 Å². The number of carbonyl (C=O) groups excluding carboxylic acids is 1. The van der Waals surface area contributed by atoms with Gasteiger partial charge in [-0.3, -0.25) is 14.7 Å². The van der Waals surface area contributed by atoms with Gasteiger partial charge in [0.2, 0.25) is 5.91 Å². The number of fused-ring (bicyclic) bond motifs is 1. The molecule has 2 aromatic heterocycles. The van der Waals surface area contributed by atoms with Crippen LogP contribution in [0, 0.1) is 0 Å². The smallest absolute Gasteiger partial charge is 0.228 e. The third-order valence-electron chi connectivity index (χ3n) is 5.21. The van der Waals surface area contributed by atoms with Gasteiger partial charge in [0.05, 0.1) is 31.4 Å². The Labute approximate surface area is 153 Å². The summed E-state index contributed by atoms with van der Waals surface area (Å²) in [6.07, 6.45) is 6.13. The van der Waals surface area contributed by atoms with Crippen LogP contribution in [0.5, 0.6) is 0 Å². The monoisotopic (exact) mass is 355 g/mol. The number of imidazole rings is 1. The van der Waals surface area contributed by atoms with Gasteiger partial charge in [-0.25, -0.2) is 4.98 Å². The minimum absolute atomic E-state index is 0.142. The molecule has 0 spiro atoms. The summed E-state index contributed by atoms with van der Waals surface area (Å²) in [5.41, 5.74) is 2.08. The van der Waals surface area contributed by atoms with Crippen molar-refractivity contribution in [1.82, 2.24) is 24.3 Å². The Bertz CT molecular complexity index is 755. The maximum atomic E-state index is 12.5. The van der Waals surface area contributed by atoms with E-state index in [0.29, 0.717) is 32.7 Å². The summed E-state index contributed by atoms with van der Waals surface area (Å²) >= 11 is 0. The summed E-state index contributed by atoms with van der Waals surface area (Å²) in [7, 11) is 0. The molecule has 0 saturated carbocycles. The van der Waals surface area contributed by atoms with Gasteiger partial charge in [0.25, 0.3) is 0 Å². The van der Waals surface area contributed by atoms with Crippen molar-refractivity contribution < 1.29 is 9.53 Å². The lowest BCUT2D eigenvalue weighted by Crippen LogP contribution is -2.41. The lowest BCUT2D eigenvalue weighted by molar-refractivity contribution is -0.134. The Morgan fingerprint density at radius 3 is 2.88 bits per heavy atom. The molecule has 7 nitrogen and oxygen atoms in total. The van der Waals surface area contributed by atoms with E-state index in [1.165, 1.54) is 5.56 Å². The van der Waals surface area contributed by atoms with Gasteiger partial charge < -0.3 is 14.2 Å². The zero-order valence-corrected chi connectivity index (χ0v) is 15.2. The van der Waals surface area contributed by atoms with Crippen molar-refractivity contribution in [3.63, 3.8) is 0 Å². The molecule has 138 valence electrons. The number of amides is 1. The zero-order valence-electron chi connectivity index (χ0n) is 15.2. The van der Waals surface area contributed by atoms with Gasteiger partial charge >= 0.3 is 0 Å². The van der Waals surface area contributed by atoms with Crippen molar-refractivity contribution >= 4 is 5.91 Å².